The number of nitrogens with one attached hydrogen (secondary N) is 1. The van der Waals surface area contributed by atoms with Gasteiger partial charge in [-0.2, -0.15) is 4.80 Å². The summed E-state index contributed by atoms with van der Waals surface area (Å²) in [5.74, 6) is 0.231. The van der Waals surface area contributed by atoms with Crippen LogP contribution in [0.15, 0.2) is 35.8 Å². The molecule has 2 aromatic heterocycles. The van der Waals surface area contributed by atoms with Crippen molar-refractivity contribution in [2.45, 2.75) is 19.9 Å². The second-order valence-electron chi connectivity index (χ2n) is 5.22. The van der Waals surface area contributed by atoms with Gasteiger partial charge in [-0.25, -0.2) is 0 Å². The lowest BCUT2D eigenvalue weighted by Gasteiger charge is -2.17. The van der Waals surface area contributed by atoms with Crippen LogP contribution >= 0.6 is 11.3 Å². The number of rotatable bonds is 5. The Balaban J connectivity index is 1.84. The van der Waals surface area contributed by atoms with Gasteiger partial charge in [-0.15, -0.1) is 20.4 Å². The SMILES string of the molecule is CC(C)C(C(=O)Nc1nncs1)n1nnc(-c2ccccc2)n1. The van der Waals surface area contributed by atoms with E-state index in [1.54, 1.807) is 5.51 Å². The zero-order chi connectivity index (χ0) is 16.2. The van der Waals surface area contributed by atoms with Crippen molar-refractivity contribution in [1.82, 2.24) is 30.4 Å². The first-order chi connectivity index (χ1) is 11.1. The molecule has 1 unspecified atom stereocenters. The van der Waals surface area contributed by atoms with Gasteiger partial charge < -0.3 is 0 Å². The van der Waals surface area contributed by atoms with Crippen LogP contribution in [0, 0.1) is 5.92 Å². The van der Waals surface area contributed by atoms with Crippen LogP contribution in [0.3, 0.4) is 0 Å². The molecule has 0 saturated heterocycles. The van der Waals surface area contributed by atoms with Crippen molar-refractivity contribution in [3.8, 4) is 11.4 Å². The minimum absolute atomic E-state index is 0.0132. The quantitative estimate of drug-likeness (QED) is 0.769. The van der Waals surface area contributed by atoms with Gasteiger partial charge in [0.1, 0.15) is 5.51 Å². The van der Waals surface area contributed by atoms with E-state index in [1.165, 1.54) is 16.1 Å². The zero-order valence-corrected chi connectivity index (χ0v) is 13.4. The Bertz CT molecular complexity index is 770. The van der Waals surface area contributed by atoms with Crippen molar-refractivity contribution in [2.24, 2.45) is 5.92 Å². The van der Waals surface area contributed by atoms with E-state index in [0.29, 0.717) is 11.0 Å². The standard InChI is InChI=1S/C14H15N7OS/c1-9(2)11(13(22)16-14-18-15-8-23-14)21-19-12(17-20-21)10-6-4-3-5-7-10/h3-9,11H,1-2H3,(H,16,18,22). The Morgan fingerprint density at radius 2 is 2.00 bits per heavy atom. The van der Waals surface area contributed by atoms with E-state index in [1.807, 2.05) is 44.2 Å². The van der Waals surface area contributed by atoms with E-state index in [2.05, 4.69) is 30.9 Å². The van der Waals surface area contributed by atoms with E-state index in [4.69, 9.17) is 0 Å². The topological polar surface area (TPSA) is 98.5 Å². The lowest BCUT2D eigenvalue weighted by Crippen LogP contribution is -2.31. The summed E-state index contributed by atoms with van der Waals surface area (Å²) >= 11 is 1.26. The second-order valence-corrected chi connectivity index (χ2v) is 6.05. The summed E-state index contributed by atoms with van der Waals surface area (Å²) < 4.78 is 0. The average molecular weight is 329 g/mol. The molecule has 1 amide bonds. The zero-order valence-electron chi connectivity index (χ0n) is 12.6. The first-order valence-electron chi connectivity index (χ1n) is 7.07. The molecule has 0 radical (unpaired) electrons. The molecule has 1 aromatic carbocycles. The van der Waals surface area contributed by atoms with Crippen molar-refractivity contribution in [3.05, 3.63) is 35.8 Å². The van der Waals surface area contributed by atoms with Crippen LogP contribution in [-0.2, 0) is 4.79 Å². The summed E-state index contributed by atoms with van der Waals surface area (Å²) in [7, 11) is 0. The van der Waals surface area contributed by atoms with Crippen molar-refractivity contribution >= 4 is 22.4 Å². The molecular weight excluding hydrogens is 314 g/mol. The van der Waals surface area contributed by atoms with E-state index >= 15 is 0 Å². The monoisotopic (exact) mass is 329 g/mol. The van der Waals surface area contributed by atoms with Crippen LogP contribution in [0.1, 0.15) is 19.9 Å². The largest absolute Gasteiger partial charge is 0.299 e. The molecule has 23 heavy (non-hydrogen) atoms. The van der Waals surface area contributed by atoms with E-state index in [9.17, 15) is 4.79 Å². The number of hydrogen-bond donors (Lipinski definition) is 1. The maximum absolute atomic E-state index is 12.5. The highest BCUT2D eigenvalue weighted by molar-refractivity contribution is 7.13. The van der Waals surface area contributed by atoms with Crippen molar-refractivity contribution < 1.29 is 4.79 Å². The molecule has 0 fully saturated rings. The van der Waals surface area contributed by atoms with Gasteiger partial charge >= 0.3 is 0 Å². The number of aromatic nitrogens is 6. The van der Waals surface area contributed by atoms with Gasteiger partial charge in [0, 0.05) is 5.56 Å². The van der Waals surface area contributed by atoms with Crippen molar-refractivity contribution in [1.29, 1.82) is 0 Å². The normalized spacial score (nSPS) is 12.3. The predicted octanol–water partition coefficient (Wildman–Crippen LogP) is 2.03. The van der Waals surface area contributed by atoms with Crippen LogP contribution in [0.2, 0.25) is 0 Å². The predicted molar refractivity (Wildman–Crippen MR) is 85.7 cm³/mol. The molecule has 1 N–H and O–H groups in total. The van der Waals surface area contributed by atoms with Gasteiger partial charge in [-0.1, -0.05) is 55.5 Å². The Morgan fingerprint density at radius 1 is 1.22 bits per heavy atom. The van der Waals surface area contributed by atoms with E-state index < -0.39 is 6.04 Å². The van der Waals surface area contributed by atoms with Gasteiger partial charge in [-0.3, -0.25) is 10.1 Å². The minimum atomic E-state index is -0.580. The molecule has 0 aliphatic carbocycles. The number of amides is 1. The first kappa shape index (κ1) is 15.2. The van der Waals surface area contributed by atoms with Crippen LogP contribution in [-0.4, -0.2) is 36.3 Å². The maximum atomic E-state index is 12.5. The lowest BCUT2D eigenvalue weighted by molar-refractivity contribution is -0.121. The molecule has 9 heteroatoms. The summed E-state index contributed by atoms with van der Waals surface area (Å²) in [6.45, 7) is 3.85. The summed E-state index contributed by atoms with van der Waals surface area (Å²) in [6.07, 6.45) is 0. The van der Waals surface area contributed by atoms with Crippen LogP contribution in [0.4, 0.5) is 5.13 Å². The highest BCUT2D eigenvalue weighted by Crippen LogP contribution is 2.21. The Hall–Kier alpha value is -2.68. The summed E-state index contributed by atoms with van der Waals surface area (Å²) in [5, 5.41) is 23.1. The summed E-state index contributed by atoms with van der Waals surface area (Å²) in [4.78, 5) is 13.8. The number of carbonyl (C=O) groups is 1. The number of anilines is 1. The highest BCUT2D eigenvalue weighted by atomic mass is 32.1. The van der Waals surface area contributed by atoms with Crippen molar-refractivity contribution in [3.63, 3.8) is 0 Å². The fourth-order valence-electron chi connectivity index (χ4n) is 2.13. The van der Waals surface area contributed by atoms with E-state index in [0.717, 1.165) is 5.56 Å². The lowest BCUT2D eigenvalue weighted by atomic mass is 10.0. The molecule has 0 aliphatic heterocycles. The second kappa shape index (κ2) is 6.61. The molecule has 0 aliphatic rings. The molecule has 0 spiro atoms. The number of benzene rings is 1. The molecule has 118 valence electrons. The molecule has 3 rings (SSSR count). The molecule has 0 saturated carbocycles. The molecule has 3 aromatic rings. The van der Waals surface area contributed by atoms with Crippen LogP contribution in [0.25, 0.3) is 11.4 Å². The molecule has 0 bridgehead atoms. The Labute approximate surface area is 136 Å². The van der Waals surface area contributed by atoms with Gasteiger partial charge in [0.15, 0.2) is 6.04 Å². The summed E-state index contributed by atoms with van der Waals surface area (Å²) in [6, 6.07) is 8.93. The van der Waals surface area contributed by atoms with Crippen LogP contribution in [0.5, 0.6) is 0 Å². The Morgan fingerprint density at radius 3 is 2.65 bits per heavy atom. The third kappa shape index (κ3) is 3.39. The van der Waals surface area contributed by atoms with Gasteiger partial charge in [0.05, 0.1) is 0 Å². The fourth-order valence-corrected chi connectivity index (χ4v) is 2.57. The van der Waals surface area contributed by atoms with Gasteiger partial charge in [0.2, 0.25) is 11.0 Å². The third-order valence-electron chi connectivity index (χ3n) is 3.20. The van der Waals surface area contributed by atoms with E-state index in [-0.39, 0.29) is 11.8 Å². The number of tetrazole rings is 1. The summed E-state index contributed by atoms with van der Waals surface area (Å²) in [5.41, 5.74) is 2.41. The number of hydrogen-bond acceptors (Lipinski definition) is 7. The Kier molecular flexibility index (Phi) is 4.38. The molecule has 1 atom stereocenters. The third-order valence-corrected chi connectivity index (χ3v) is 3.81. The fraction of sp³-hybridized carbons (Fsp3) is 0.286. The molecule has 2 heterocycles. The first-order valence-corrected chi connectivity index (χ1v) is 7.95. The van der Waals surface area contributed by atoms with Crippen molar-refractivity contribution in [2.75, 3.05) is 5.32 Å². The minimum Gasteiger partial charge on any atom is -0.299 e. The average Bonchev–Trinajstić information content (AvgIpc) is 3.20. The maximum Gasteiger partial charge on any atom is 0.253 e. The smallest absolute Gasteiger partial charge is 0.253 e. The molecular formula is C14H15N7OS. The van der Waals surface area contributed by atoms with Crippen LogP contribution < -0.4 is 5.32 Å². The van der Waals surface area contributed by atoms with Gasteiger partial charge in [0.25, 0.3) is 5.91 Å². The van der Waals surface area contributed by atoms with Gasteiger partial charge in [-0.05, 0) is 11.1 Å². The number of carbonyl (C=O) groups excluding carboxylic acids is 1. The highest BCUT2D eigenvalue weighted by Gasteiger charge is 2.27. The molecule has 8 nitrogen and oxygen atoms in total. The number of nitrogens with zero attached hydrogens (tertiary/aromatic N) is 6.